The Bertz CT molecular complexity index is 1400. The van der Waals surface area contributed by atoms with E-state index in [2.05, 4.69) is 10.6 Å². The van der Waals surface area contributed by atoms with Gasteiger partial charge in [-0.3, -0.25) is 9.59 Å². The molecule has 0 saturated carbocycles. The minimum atomic E-state index is -1.99. The molecule has 0 aromatic rings. The molecule has 5 aliphatic heterocycles. The summed E-state index contributed by atoms with van der Waals surface area (Å²) in [4.78, 5) is 25.5. The summed E-state index contributed by atoms with van der Waals surface area (Å²) >= 11 is 0. The first-order valence-corrected chi connectivity index (χ1v) is 19.3. The fourth-order valence-corrected chi connectivity index (χ4v) is 7.72. The number of rotatable bonds is 13. The minimum Gasteiger partial charge on any atom is -0.394 e. The first-order chi connectivity index (χ1) is 28.2. The predicted molar refractivity (Wildman–Crippen MR) is 187 cm³/mol. The zero-order chi connectivity index (χ0) is 44.5. The molecule has 25 atom stereocenters. The average molecular weight is 879 g/mol. The standard InChI is InChI=1S/C34H58N2O24/c1-8-17(42)20(45)24(49)33(52-8)59-28-15(35-10(3)40)31(55-12(5-37)19(28)44)58-27-14(7-39)56-32(57-26-13(6-38)54-30(51)23(48)22(26)47)16(36-11(4)41)29(27)60-34-25(50)21(46)18(43)9(2)53-34/h8-9,12-34,37-39,42-51H,5-7H2,1-4H3,(H,35,40)(H,36,41)/t8-,9-,12+,13+,14+,15+,16+,17+,18+,19-,20+,21+,22+,23+,24-,25-,26+,27+,28+,29+,30+,31-,32-,33-,34-/m0/s1. The van der Waals surface area contributed by atoms with Crippen LogP contribution in [0.25, 0.3) is 0 Å². The highest BCUT2D eigenvalue weighted by molar-refractivity contribution is 5.73. The van der Waals surface area contributed by atoms with E-state index in [1.807, 2.05) is 0 Å². The summed E-state index contributed by atoms with van der Waals surface area (Å²) in [7, 11) is 0. The van der Waals surface area contributed by atoms with E-state index < -0.39 is 185 Å². The molecule has 26 heteroatoms. The lowest BCUT2D eigenvalue weighted by atomic mass is 9.93. The molecule has 26 nitrogen and oxygen atoms in total. The Morgan fingerprint density at radius 1 is 0.433 bits per heavy atom. The lowest BCUT2D eigenvalue weighted by Crippen LogP contribution is -2.72. The molecule has 0 unspecified atom stereocenters. The Morgan fingerprint density at radius 3 is 1.30 bits per heavy atom. The summed E-state index contributed by atoms with van der Waals surface area (Å²) in [5.74, 6) is -1.57. The van der Waals surface area contributed by atoms with Gasteiger partial charge in [0, 0.05) is 13.8 Å². The van der Waals surface area contributed by atoms with Gasteiger partial charge in [0.05, 0.1) is 32.0 Å². The second kappa shape index (κ2) is 20.7. The number of ether oxygens (including phenoxy) is 9. The van der Waals surface area contributed by atoms with Crippen LogP contribution >= 0.6 is 0 Å². The molecule has 0 spiro atoms. The molecule has 5 fully saturated rings. The topological polar surface area (TPSA) is 404 Å². The molecular weight excluding hydrogens is 820 g/mol. The van der Waals surface area contributed by atoms with Crippen molar-refractivity contribution in [2.24, 2.45) is 0 Å². The van der Waals surface area contributed by atoms with Crippen molar-refractivity contribution >= 4 is 11.8 Å². The number of aliphatic hydroxyl groups is 13. The van der Waals surface area contributed by atoms with Gasteiger partial charge in [0.2, 0.25) is 11.8 Å². The van der Waals surface area contributed by atoms with Crippen LogP contribution in [0.5, 0.6) is 0 Å². The van der Waals surface area contributed by atoms with Crippen LogP contribution in [0.4, 0.5) is 0 Å². The Hall–Kier alpha value is -1.94. The molecule has 60 heavy (non-hydrogen) atoms. The van der Waals surface area contributed by atoms with E-state index in [1.165, 1.54) is 13.8 Å². The van der Waals surface area contributed by atoms with Gasteiger partial charge in [-0.15, -0.1) is 0 Å². The number of aliphatic hydroxyl groups excluding tert-OH is 13. The van der Waals surface area contributed by atoms with Crippen molar-refractivity contribution in [3.05, 3.63) is 0 Å². The summed E-state index contributed by atoms with van der Waals surface area (Å²) in [5, 5.41) is 142. The van der Waals surface area contributed by atoms with Gasteiger partial charge in [-0.05, 0) is 13.8 Å². The number of hydrogen-bond acceptors (Lipinski definition) is 24. The highest BCUT2D eigenvalue weighted by Gasteiger charge is 2.58. The maximum absolute atomic E-state index is 12.8. The van der Waals surface area contributed by atoms with Crippen LogP contribution in [0.3, 0.4) is 0 Å². The van der Waals surface area contributed by atoms with Crippen LogP contribution < -0.4 is 10.6 Å². The van der Waals surface area contributed by atoms with Gasteiger partial charge in [0.25, 0.3) is 0 Å². The van der Waals surface area contributed by atoms with Crippen molar-refractivity contribution in [2.45, 2.75) is 181 Å². The van der Waals surface area contributed by atoms with Gasteiger partial charge in [-0.1, -0.05) is 0 Å². The Balaban J connectivity index is 1.56. The zero-order valence-electron chi connectivity index (χ0n) is 32.9. The minimum absolute atomic E-state index is 0.773. The molecule has 15 N–H and O–H groups in total. The van der Waals surface area contributed by atoms with Crippen molar-refractivity contribution < 1.29 is 119 Å². The number of carbonyl (C=O) groups is 2. The van der Waals surface area contributed by atoms with Crippen LogP contribution in [0, 0.1) is 0 Å². The van der Waals surface area contributed by atoms with E-state index >= 15 is 0 Å². The van der Waals surface area contributed by atoms with Crippen LogP contribution in [-0.4, -0.2) is 251 Å². The Labute approximate surface area is 342 Å². The van der Waals surface area contributed by atoms with E-state index in [9.17, 15) is 76.0 Å². The van der Waals surface area contributed by atoms with Gasteiger partial charge < -0.3 is 120 Å². The lowest BCUT2D eigenvalue weighted by Gasteiger charge is -2.52. The average Bonchev–Trinajstić information content (AvgIpc) is 3.20. The third kappa shape index (κ3) is 10.4. The highest BCUT2D eigenvalue weighted by Crippen LogP contribution is 2.37. The van der Waals surface area contributed by atoms with E-state index in [4.69, 9.17) is 42.6 Å². The lowest BCUT2D eigenvalue weighted by molar-refractivity contribution is -0.384. The van der Waals surface area contributed by atoms with Crippen LogP contribution in [0.1, 0.15) is 27.7 Å². The third-order valence-electron chi connectivity index (χ3n) is 11.0. The fraction of sp³-hybridized carbons (Fsp3) is 0.941. The quantitative estimate of drug-likeness (QED) is 0.0817. The van der Waals surface area contributed by atoms with Crippen LogP contribution in [-0.2, 0) is 52.2 Å². The fourth-order valence-electron chi connectivity index (χ4n) is 7.72. The number of hydrogen-bond donors (Lipinski definition) is 15. The first kappa shape index (κ1) is 49.1. The van der Waals surface area contributed by atoms with E-state index in [0.717, 1.165) is 13.8 Å². The maximum atomic E-state index is 12.8. The number of nitrogens with one attached hydrogen (secondary N) is 2. The Kier molecular flexibility index (Phi) is 16.9. The molecule has 5 rings (SSSR count). The Morgan fingerprint density at radius 2 is 0.833 bits per heavy atom. The van der Waals surface area contributed by atoms with Gasteiger partial charge in [-0.2, -0.15) is 0 Å². The van der Waals surface area contributed by atoms with Crippen LogP contribution in [0.15, 0.2) is 0 Å². The summed E-state index contributed by atoms with van der Waals surface area (Å²) in [6.45, 7) is 2.00. The van der Waals surface area contributed by atoms with Crippen molar-refractivity contribution in [3.63, 3.8) is 0 Å². The second-order valence-corrected chi connectivity index (χ2v) is 15.4. The largest absolute Gasteiger partial charge is 0.394 e. The normalized spacial score (nSPS) is 50.2. The molecule has 5 aliphatic rings. The van der Waals surface area contributed by atoms with Crippen molar-refractivity contribution in [2.75, 3.05) is 19.8 Å². The van der Waals surface area contributed by atoms with E-state index in [-0.39, 0.29) is 0 Å². The molecule has 0 aromatic carbocycles. The molecular formula is C34H58N2O24. The van der Waals surface area contributed by atoms with Gasteiger partial charge >= 0.3 is 0 Å². The predicted octanol–water partition coefficient (Wildman–Crippen LogP) is -9.58. The molecule has 0 aliphatic carbocycles. The molecule has 0 aromatic heterocycles. The molecule has 5 saturated heterocycles. The van der Waals surface area contributed by atoms with Crippen molar-refractivity contribution in [1.29, 1.82) is 0 Å². The highest BCUT2D eigenvalue weighted by atomic mass is 16.8. The van der Waals surface area contributed by atoms with Crippen molar-refractivity contribution in [3.8, 4) is 0 Å². The van der Waals surface area contributed by atoms with Crippen molar-refractivity contribution in [1.82, 2.24) is 10.6 Å². The monoisotopic (exact) mass is 878 g/mol. The van der Waals surface area contributed by atoms with Crippen LogP contribution in [0.2, 0.25) is 0 Å². The maximum Gasteiger partial charge on any atom is 0.217 e. The SMILES string of the molecule is CC(=O)N[C@H]1[C@H](O[C@H]2[C@H](O)[C@@H](O)[C@H](O)O[C@@H]2CO)O[C@H](CO)[C@@H](O[C@@H]2O[C@H](CO)[C@H](O)[C@H](O[C@@H]3O[C@@H](C)[C@@H](O)[C@@H](O)[C@@H]3O)[C@H]2NC(C)=O)[C@@H]1O[C@@H]1O[C@@H](C)[C@@H](O)[C@@H](O)[C@@H]1O. The molecule has 5 heterocycles. The van der Waals surface area contributed by atoms with Gasteiger partial charge in [0.1, 0.15) is 110 Å². The second-order valence-electron chi connectivity index (χ2n) is 15.4. The summed E-state index contributed by atoms with van der Waals surface area (Å²) < 4.78 is 52.8. The van der Waals surface area contributed by atoms with Gasteiger partial charge in [0.15, 0.2) is 31.5 Å². The number of amides is 2. The third-order valence-corrected chi connectivity index (χ3v) is 11.0. The van der Waals surface area contributed by atoms with E-state index in [1.54, 1.807) is 0 Å². The summed E-state index contributed by atoms with van der Waals surface area (Å²) in [5.41, 5.74) is 0. The summed E-state index contributed by atoms with van der Waals surface area (Å²) in [6, 6.07) is -3.32. The molecule has 348 valence electrons. The molecule has 0 radical (unpaired) electrons. The van der Waals surface area contributed by atoms with Gasteiger partial charge in [-0.25, -0.2) is 0 Å². The smallest absolute Gasteiger partial charge is 0.217 e. The van der Waals surface area contributed by atoms with E-state index in [0.29, 0.717) is 0 Å². The molecule has 2 amide bonds. The summed E-state index contributed by atoms with van der Waals surface area (Å²) in [6.07, 6.45) is -39.9. The number of carbonyl (C=O) groups excluding carboxylic acids is 2. The first-order valence-electron chi connectivity index (χ1n) is 19.3. The molecule has 0 bridgehead atoms. The zero-order valence-corrected chi connectivity index (χ0v) is 32.9.